The number of aliphatic hydroxyl groups excluding tert-OH is 1. The molecule has 222 valence electrons. The van der Waals surface area contributed by atoms with Gasteiger partial charge in [0.05, 0.1) is 16.6 Å². The lowest BCUT2D eigenvalue weighted by molar-refractivity contribution is -0.139. The number of hydrogen-bond acceptors (Lipinski definition) is 5. The summed E-state index contributed by atoms with van der Waals surface area (Å²) < 4.78 is -0.696. The van der Waals surface area contributed by atoms with Crippen LogP contribution in [-0.2, 0) is 14.4 Å². The number of hydrogen-bond donors (Lipinski definition) is 1. The molecule has 0 aliphatic carbocycles. The summed E-state index contributed by atoms with van der Waals surface area (Å²) in [4.78, 5) is 48.5. The van der Waals surface area contributed by atoms with E-state index in [1.807, 2.05) is 30.3 Å². The maximum Gasteiger partial charge on any atom is 0.251 e. The smallest absolute Gasteiger partial charge is 0.251 e. The first-order chi connectivity index (χ1) is 20.4. The lowest BCUT2D eigenvalue weighted by atomic mass is 9.70. The largest absolute Gasteiger partial charge is 0.396 e. The third-order valence-electron chi connectivity index (χ3n) is 8.74. The van der Waals surface area contributed by atoms with E-state index in [-0.39, 0.29) is 36.1 Å². The van der Waals surface area contributed by atoms with Gasteiger partial charge in [-0.05, 0) is 68.5 Å². The van der Waals surface area contributed by atoms with Crippen LogP contribution in [0.2, 0.25) is 5.02 Å². The fourth-order valence-corrected chi connectivity index (χ4v) is 9.32. The average molecular weight is 608 g/mol. The van der Waals surface area contributed by atoms with Crippen molar-refractivity contribution >= 4 is 52.5 Å². The number of likely N-dealkylation sites (tertiary alicyclic amines) is 1. The number of halogens is 1. The molecule has 2 bridgehead atoms. The third-order valence-corrected chi connectivity index (χ3v) is 10.9. The molecule has 0 radical (unpaired) electrons. The highest BCUT2D eigenvalue weighted by atomic mass is 35.5. The summed E-state index contributed by atoms with van der Waals surface area (Å²) in [6.07, 6.45) is 6.90. The van der Waals surface area contributed by atoms with Gasteiger partial charge < -0.3 is 19.8 Å². The van der Waals surface area contributed by atoms with Gasteiger partial charge in [-0.3, -0.25) is 14.4 Å². The highest BCUT2D eigenvalue weighted by Crippen LogP contribution is 2.66. The Labute approximate surface area is 257 Å². The van der Waals surface area contributed by atoms with E-state index in [0.717, 1.165) is 18.5 Å². The second kappa shape index (κ2) is 13.1. The minimum Gasteiger partial charge on any atom is -0.396 e. The number of benzene rings is 2. The van der Waals surface area contributed by atoms with Crippen molar-refractivity contribution in [2.75, 3.05) is 36.0 Å². The van der Waals surface area contributed by atoms with Crippen molar-refractivity contribution in [1.82, 2.24) is 4.90 Å². The molecule has 2 unspecified atom stereocenters. The van der Waals surface area contributed by atoms with Crippen LogP contribution in [-0.4, -0.2) is 70.0 Å². The number of carbonyl (C=O) groups excluding carboxylic acids is 3. The molecular weight excluding hydrogens is 570 g/mol. The first-order valence-electron chi connectivity index (χ1n) is 14.6. The molecule has 42 heavy (non-hydrogen) atoms. The summed E-state index contributed by atoms with van der Waals surface area (Å²) in [5, 5.41) is 9.84. The number of para-hydroxylation sites is 1. The van der Waals surface area contributed by atoms with Gasteiger partial charge in [0, 0.05) is 47.9 Å². The molecule has 9 heteroatoms. The number of thioether (sulfide) groups is 1. The number of amides is 3. The number of carbonyl (C=O) groups is 3. The molecule has 2 aromatic carbocycles. The molecule has 3 fully saturated rings. The highest BCUT2D eigenvalue weighted by Gasteiger charge is 2.74. The molecule has 2 aromatic rings. The Morgan fingerprint density at radius 2 is 1.62 bits per heavy atom. The summed E-state index contributed by atoms with van der Waals surface area (Å²) >= 11 is 7.81. The summed E-state index contributed by atoms with van der Waals surface area (Å²) in [5.41, 5.74) is 1.45. The Kier molecular flexibility index (Phi) is 9.45. The zero-order valence-electron chi connectivity index (χ0n) is 23.7. The molecule has 5 atom stereocenters. The van der Waals surface area contributed by atoms with Crippen molar-refractivity contribution in [1.29, 1.82) is 0 Å². The lowest BCUT2D eigenvalue weighted by Crippen LogP contribution is -2.55. The fourth-order valence-electron chi connectivity index (χ4n) is 6.99. The number of aliphatic hydroxyl groups is 1. The molecule has 0 saturated carbocycles. The van der Waals surface area contributed by atoms with E-state index in [9.17, 15) is 19.5 Å². The van der Waals surface area contributed by atoms with E-state index >= 15 is 0 Å². The number of anilines is 2. The van der Waals surface area contributed by atoms with Crippen molar-refractivity contribution in [3.05, 3.63) is 84.9 Å². The number of unbranched alkanes of at least 4 members (excludes halogenated alkanes) is 2. The monoisotopic (exact) mass is 607 g/mol. The predicted octanol–water partition coefficient (Wildman–Crippen LogP) is 5.33. The molecule has 3 amide bonds. The van der Waals surface area contributed by atoms with E-state index in [4.69, 9.17) is 11.6 Å². The number of fused-ring (bicyclic) bond motifs is 1. The van der Waals surface area contributed by atoms with Crippen LogP contribution in [0.4, 0.5) is 11.4 Å². The number of rotatable bonds is 13. The molecule has 3 aliphatic rings. The normalized spacial score (nSPS) is 25.8. The highest BCUT2D eigenvalue weighted by molar-refractivity contribution is 8.02. The SMILES string of the molecule is C=CCN(C(=O)C1N(CCCCCO)C(=O)[C@@H]2[C@@H](C(=O)N(CC=C)c3ccccc3)[C@H]3CCC12S3)c1ccc(Cl)cc1. The van der Waals surface area contributed by atoms with Crippen molar-refractivity contribution in [3.8, 4) is 0 Å². The van der Waals surface area contributed by atoms with Gasteiger partial charge in [0.2, 0.25) is 11.8 Å². The standard InChI is InChI=1S/C33H38ClN3O4S/c1-3-19-35(24-11-7-5-8-12-24)30(39)27-26-17-18-33(42-26)28(27)31(40)37(21-9-6-10-22-38)29(33)32(41)36(20-4-2)25-15-13-23(34)14-16-25/h3-5,7-8,11-16,26-29,38H,1-2,6,9-10,17-22H2/t26-,27+,28+,29?,33?/m1/s1. The van der Waals surface area contributed by atoms with E-state index < -0.39 is 22.6 Å². The van der Waals surface area contributed by atoms with Crippen molar-refractivity contribution in [2.45, 2.75) is 48.1 Å². The minimum atomic E-state index is -0.711. The van der Waals surface area contributed by atoms with Crippen LogP contribution in [0.1, 0.15) is 32.1 Å². The lowest BCUT2D eigenvalue weighted by Gasteiger charge is -2.37. The fraction of sp³-hybridized carbons (Fsp3) is 0.424. The maximum atomic E-state index is 14.6. The zero-order chi connectivity index (χ0) is 29.9. The second-order valence-corrected chi connectivity index (χ2v) is 13.2. The van der Waals surface area contributed by atoms with E-state index in [1.54, 1.807) is 62.9 Å². The number of nitrogens with zero attached hydrogens (tertiary/aromatic N) is 3. The van der Waals surface area contributed by atoms with Crippen molar-refractivity contribution < 1.29 is 19.5 Å². The Bertz CT molecular complexity index is 1320. The Morgan fingerprint density at radius 1 is 0.976 bits per heavy atom. The summed E-state index contributed by atoms with van der Waals surface area (Å²) in [6.45, 7) is 8.85. The van der Waals surface area contributed by atoms with Gasteiger partial charge in [0.1, 0.15) is 6.04 Å². The molecular formula is C33H38ClN3O4S. The quantitative estimate of drug-likeness (QED) is 0.246. The van der Waals surface area contributed by atoms with Crippen LogP contribution in [0.25, 0.3) is 0 Å². The summed E-state index contributed by atoms with van der Waals surface area (Å²) in [5.74, 6) is -1.49. The van der Waals surface area contributed by atoms with Gasteiger partial charge in [0.25, 0.3) is 5.91 Å². The molecule has 0 aromatic heterocycles. The first-order valence-corrected chi connectivity index (χ1v) is 15.9. The van der Waals surface area contributed by atoms with Gasteiger partial charge in [-0.15, -0.1) is 24.9 Å². The average Bonchev–Trinajstić information content (AvgIpc) is 3.64. The van der Waals surface area contributed by atoms with E-state index in [1.165, 1.54) is 0 Å². The van der Waals surface area contributed by atoms with Crippen LogP contribution in [0.3, 0.4) is 0 Å². The first kappa shape index (κ1) is 30.4. The van der Waals surface area contributed by atoms with E-state index in [2.05, 4.69) is 13.2 Å². The van der Waals surface area contributed by atoms with Crippen LogP contribution < -0.4 is 9.80 Å². The van der Waals surface area contributed by atoms with Crippen LogP contribution in [0.15, 0.2) is 79.9 Å². The molecule has 3 aliphatic heterocycles. The van der Waals surface area contributed by atoms with Crippen molar-refractivity contribution in [3.63, 3.8) is 0 Å². The molecule has 1 spiro atoms. The van der Waals surface area contributed by atoms with Gasteiger partial charge in [-0.25, -0.2) is 0 Å². The Balaban J connectivity index is 1.53. The maximum absolute atomic E-state index is 14.6. The topological polar surface area (TPSA) is 81.2 Å². The van der Waals surface area contributed by atoms with Crippen LogP contribution in [0.5, 0.6) is 0 Å². The summed E-state index contributed by atoms with van der Waals surface area (Å²) in [7, 11) is 0. The van der Waals surface area contributed by atoms with Crippen LogP contribution >= 0.6 is 23.4 Å². The summed E-state index contributed by atoms with van der Waals surface area (Å²) in [6, 6.07) is 15.9. The zero-order valence-corrected chi connectivity index (χ0v) is 25.3. The Hall–Kier alpha value is -3.07. The van der Waals surface area contributed by atoms with Crippen molar-refractivity contribution in [2.24, 2.45) is 11.8 Å². The van der Waals surface area contributed by atoms with Crippen LogP contribution in [0, 0.1) is 11.8 Å². The van der Waals surface area contributed by atoms with E-state index in [0.29, 0.717) is 43.1 Å². The molecule has 3 saturated heterocycles. The predicted molar refractivity (Wildman–Crippen MR) is 170 cm³/mol. The molecule has 7 nitrogen and oxygen atoms in total. The van der Waals surface area contributed by atoms with Gasteiger partial charge in [-0.1, -0.05) is 42.0 Å². The minimum absolute atomic E-state index is 0.0438. The van der Waals surface area contributed by atoms with Gasteiger partial charge in [0.15, 0.2) is 0 Å². The Morgan fingerprint density at radius 3 is 2.26 bits per heavy atom. The molecule has 1 N–H and O–H groups in total. The molecule has 5 rings (SSSR count). The third kappa shape index (κ3) is 5.40. The second-order valence-electron chi connectivity index (χ2n) is 11.2. The molecule has 3 heterocycles. The van der Waals surface area contributed by atoms with Gasteiger partial charge >= 0.3 is 0 Å². The van der Waals surface area contributed by atoms with Gasteiger partial charge in [-0.2, -0.15) is 0 Å².